The average molecular weight is 248 g/mol. The van der Waals surface area contributed by atoms with Crippen LogP contribution in [0.4, 0.5) is 8.78 Å². The molecular weight excluding hydrogens is 238 g/mol. The van der Waals surface area contributed by atoms with Gasteiger partial charge in [0.15, 0.2) is 6.29 Å². The first kappa shape index (κ1) is 12.3. The Morgan fingerprint density at radius 3 is 2.39 bits per heavy atom. The molecule has 3 nitrogen and oxygen atoms in total. The summed E-state index contributed by atoms with van der Waals surface area (Å²) in [5.41, 5.74) is 1.32. The fraction of sp³-hybridized carbons (Fsp3) is 0.154. The van der Waals surface area contributed by atoms with E-state index in [1.807, 2.05) is 0 Å². The average Bonchev–Trinajstić information content (AvgIpc) is 2.26. The molecule has 0 N–H and O–H groups in total. The molecule has 0 atom stereocenters. The van der Waals surface area contributed by atoms with Crippen LogP contribution in [0.25, 0.3) is 0 Å². The fourth-order valence-corrected chi connectivity index (χ4v) is 1.69. The second kappa shape index (κ2) is 5.00. The Labute approximate surface area is 103 Å². The van der Waals surface area contributed by atoms with Crippen molar-refractivity contribution in [2.75, 3.05) is 0 Å². The highest BCUT2D eigenvalue weighted by Gasteiger charge is 2.06. The Morgan fingerprint density at radius 1 is 1.11 bits per heavy atom. The molecule has 0 aliphatic carbocycles. The van der Waals surface area contributed by atoms with Gasteiger partial charge in [0.2, 0.25) is 0 Å². The zero-order valence-electron chi connectivity index (χ0n) is 9.65. The summed E-state index contributed by atoms with van der Waals surface area (Å²) in [6.45, 7) is 1.73. The normalized spacial score (nSPS) is 10.4. The van der Waals surface area contributed by atoms with Gasteiger partial charge in [-0.15, -0.1) is 0 Å². The molecule has 0 bridgehead atoms. The number of rotatable bonds is 3. The van der Waals surface area contributed by atoms with Gasteiger partial charge in [0.1, 0.15) is 23.2 Å². The van der Waals surface area contributed by atoms with Crippen molar-refractivity contribution >= 4 is 6.29 Å². The van der Waals surface area contributed by atoms with Gasteiger partial charge in [-0.25, -0.2) is 18.7 Å². The SMILES string of the molecule is Cc1cc(C=O)nc(Cc2cc(F)cc(F)c2)n1. The summed E-state index contributed by atoms with van der Waals surface area (Å²) in [4.78, 5) is 18.8. The van der Waals surface area contributed by atoms with Crippen molar-refractivity contribution in [2.45, 2.75) is 13.3 Å². The molecule has 0 saturated carbocycles. The standard InChI is InChI=1S/C13H10F2N2O/c1-8-2-12(7-18)17-13(16-8)5-9-3-10(14)6-11(15)4-9/h2-4,6-7H,5H2,1H3. The van der Waals surface area contributed by atoms with Crippen molar-refractivity contribution in [1.29, 1.82) is 0 Å². The number of hydrogen-bond donors (Lipinski definition) is 0. The number of benzene rings is 1. The van der Waals surface area contributed by atoms with Gasteiger partial charge in [0.05, 0.1) is 0 Å². The molecule has 1 aromatic carbocycles. The lowest BCUT2D eigenvalue weighted by Gasteiger charge is -2.03. The first-order valence-electron chi connectivity index (χ1n) is 5.31. The molecule has 2 rings (SSSR count). The van der Waals surface area contributed by atoms with E-state index in [-0.39, 0.29) is 12.1 Å². The first-order chi connectivity index (χ1) is 8.56. The summed E-state index contributed by atoms with van der Waals surface area (Å²) >= 11 is 0. The van der Waals surface area contributed by atoms with Gasteiger partial charge < -0.3 is 0 Å². The third kappa shape index (κ3) is 2.94. The smallest absolute Gasteiger partial charge is 0.168 e. The summed E-state index contributed by atoms with van der Waals surface area (Å²) < 4.78 is 26.0. The Kier molecular flexibility index (Phi) is 3.41. The highest BCUT2D eigenvalue weighted by atomic mass is 19.1. The topological polar surface area (TPSA) is 42.9 Å². The molecule has 0 spiro atoms. The number of aldehydes is 1. The predicted molar refractivity (Wildman–Crippen MR) is 61.3 cm³/mol. The Bertz CT molecular complexity index is 579. The summed E-state index contributed by atoms with van der Waals surface area (Å²) in [5, 5.41) is 0. The monoisotopic (exact) mass is 248 g/mol. The molecular formula is C13H10F2N2O. The van der Waals surface area contributed by atoms with Crippen LogP contribution in [0, 0.1) is 18.6 Å². The van der Waals surface area contributed by atoms with E-state index in [1.165, 1.54) is 12.1 Å². The summed E-state index contributed by atoms with van der Waals surface area (Å²) in [7, 11) is 0. The lowest BCUT2D eigenvalue weighted by atomic mass is 10.1. The van der Waals surface area contributed by atoms with Gasteiger partial charge in [-0.3, -0.25) is 4.79 Å². The Balaban J connectivity index is 2.33. The van der Waals surface area contributed by atoms with Crippen LogP contribution in [0.5, 0.6) is 0 Å². The number of nitrogens with zero attached hydrogens (tertiary/aromatic N) is 2. The van der Waals surface area contributed by atoms with Gasteiger partial charge in [-0.05, 0) is 30.7 Å². The molecule has 0 amide bonds. The molecule has 0 fully saturated rings. The van der Waals surface area contributed by atoms with E-state index in [0.29, 0.717) is 23.4 Å². The number of aryl methyl sites for hydroxylation is 1. The van der Waals surface area contributed by atoms with Gasteiger partial charge in [0.25, 0.3) is 0 Å². The maximum absolute atomic E-state index is 13.0. The van der Waals surface area contributed by atoms with Crippen molar-refractivity contribution in [1.82, 2.24) is 9.97 Å². The minimum atomic E-state index is -0.645. The van der Waals surface area contributed by atoms with E-state index >= 15 is 0 Å². The molecule has 0 aliphatic rings. The van der Waals surface area contributed by atoms with Crippen molar-refractivity contribution < 1.29 is 13.6 Å². The van der Waals surface area contributed by atoms with Crippen LogP contribution < -0.4 is 0 Å². The minimum absolute atomic E-state index is 0.178. The highest BCUT2D eigenvalue weighted by Crippen LogP contribution is 2.11. The quantitative estimate of drug-likeness (QED) is 0.783. The number of hydrogen-bond acceptors (Lipinski definition) is 3. The second-order valence-electron chi connectivity index (χ2n) is 3.92. The van der Waals surface area contributed by atoms with Crippen LogP contribution in [0.3, 0.4) is 0 Å². The molecule has 18 heavy (non-hydrogen) atoms. The van der Waals surface area contributed by atoms with Crippen LogP contribution in [0.2, 0.25) is 0 Å². The van der Waals surface area contributed by atoms with Crippen molar-refractivity contribution in [3.8, 4) is 0 Å². The molecule has 5 heteroatoms. The zero-order valence-corrected chi connectivity index (χ0v) is 9.65. The molecule has 1 heterocycles. The summed E-state index contributed by atoms with van der Waals surface area (Å²) in [5.74, 6) is -0.927. The molecule has 0 saturated heterocycles. The van der Waals surface area contributed by atoms with Gasteiger partial charge >= 0.3 is 0 Å². The molecule has 2 aromatic rings. The van der Waals surface area contributed by atoms with E-state index in [1.54, 1.807) is 13.0 Å². The number of aromatic nitrogens is 2. The maximum Gasteiger partial charge on any atom is 0.168 e. The predicted octanol–water partition coefficient (Wildman–Crippen LogP) is 2.47. The van der Waals surface area contributed by atoms with E-state index in [9.17, 15) is 13.6 Å². The largest absolute Gasteiger partial charge is 0.296 e. The minimum Gasteiger partial charge on any atom is -0.296 e. The van der Waals surface area contributed by atoms with Crippen LogP contribution in [-0.2, 0) is 6.42 Å². The van der Waals surface area contributed by atoms with Gasteiger partial charge in [-0.1, -0.05) is 0 Å². The van der Waals surface area contributed by atoms with E-state index < -0.39 is 11.6 Å². The zero-order chi connectivity index (χ0) is 13.1. The van der Waals surface area contributed by atoms with E-state index in [2.05, 4.69) is 9.97 Å². The molecule has 0 radical (unpaired) electrons. The molecule has 0 unspecified atom stereocenters. The number of halogens is 2. The first-order valence-corrected chi connectivity index (χ1v) is 5.31. The highest BCUT2D eigenvalue weighted by molar-refractivity contribution is 5.71. The summed E-state index contributed by atoms with van der Waals surface area (Å²) in [6, 6.07) is 4.78. The molecule has 1 aromatic heterocycles. The van der Waals surface area contributed by atoms with Gasteiger partial charge in [-0.2, -0.15) is 0 Å². The summed E-state index contributed by atoms with van der Waals surface area (Å²) in [6.07, 6.45) is 0.793. The van der Waals surface area contributed by atoms with Crippen molar-refractivity contribution in [3.63, 3.8) is 0 Å². The molecule has 0 aliphatic heterocycles. The third-order valence-corrected chi connectivity index (χ3v) is 2.33. The fourth-order valence-electron chi connectivity index (χ4n) is 1.69. The van der Waals surface area contributed by atoms with E-state index in [4.69, 9.17) is 0 Å². The van der Waals surface area contributed by atoms with Crippen LogP contribution in [0.1, 0.15) is 27.6 Å². The Hall–Kier alpha value is -2.17. The second-order valence-corrected chi connectivity index (χ2v) is 3.92. The van der Waals surface area contributed by atoms with Crippen LogP contribution >= 0.6 is 0 Å². The number of carbonyl (C=O) groups excluding carboxylic acids is 1. The maximum atomic E-state index is 13.0. The van der Waals surface area contributed by atoms with Crippen molar-refractivity contribution in [3.05, 3.63) is 58.7 Å². The van der Waals surface area contributed by atoms with Crippen LogP contribution in [-0.4, -0.2) is 16.3 Å². The van der Waals surface area contributed by atoms with Crippen molar-refractivity contribution in [2.24, 2.45) is 0 Å². The van der Waals surface area contributed by atoms with Crippen LogP contribution in [0.15, 0.2) is 24.3 Å². The Morgan fingerprint density at radius 2 is 1.78 bits per heavy atom. The lowest BCUT2D eigenvalue weighted by Crippen LogP contribution is -2.02. The van der Waals surface area contributed by atoms with E-state index in [0.717, 1.165) is 6.07 Å². The number of carbonyl (C=O) groups is 1. The molecule has 92 valence electrons. The third-order valence-electron chi connectivity index (χ3n) is 2.33. The van der Waals surface area contributed by atoms with Gasteiger partial charge in [0, 0.05) is 18.2 Å². The lowest BCUT2D eigenvalue weighted by molar-refractivity contribution is 0.111.